The fourth-order valence-corrected chi connectivity index (χ4v) is 2.91. The number of carbonyl (C=O) groups is 2. The quantitative estimate of drug-likeness (QED) is 0.542. The number of para-hydroxylation sites is 1. The average Bonchev–Trinajstić information content (AvgIpc) is 3.03. The average molecular weight is 381 g/mol. The smallest absolute Gasteiger partial charge is 0.256 e. The highest BCUT2D eigenvalue weighted by molar-refractivity contribution is 6.09. The summed E-state index contributed by atoms with van der Waals surface area (Å²) < 4.78 is 6.96. The van der Waals surface area contributed by atoms with E-state index in [1.165, 1.54) is 13.2 Å². The minimum absolute atomic E-state index is 0.290. The molecule has 0 aliphatic carbocycles. The third-order valence-electron chi connectivity index (χ3n) is 4.36. The second-order valence-electron chi connectivity index (χ2n) is 6.26. The van der Waals surface area contributed by atoms with Crippen LogP contribution in [0.2, 0.25) is 0 Å². The van der Waals surface area contributed by atoms with E-state index in [2.05, 4.69) is 15.7 Å². The van der Waals surface area contributed by atoms with Crippen molar-refractivity contribution in [3.05, 3.63) is 53.6 Å². The van der Waals surface area contributed by atoms with Crippen molar-refractivity contribution in [2.24, 2.45) is 12.8 Å². The van der Waals surface area contributed by atoms with Crippen LogP contribution >= 0.6 is 0 Å². The van der Waals surface area contributed by atoms with Gasteiger partial charge >= 0.3 is 0 Å². The maximum atomic E-state index is 12.8. The molecule has 2 amide bonds. The topological polar surface area (TPSA) is 111 Å². The van der Waals surface area contributed by atoms with Gasteiger partial charge in [0.25, 0.3) is 11.8 Å². The highest BCUT2D eigenvalue weighted by Gasteiger charge is 2.17. The molecule has 0 bridgehead atoms. The molecule has 0 unspecified atom stereocenters. The molecular formula is C20H23N5O3. The molecule has 3 rings (SSSR count). The van der Waals surface area contributed by atoms with Crippen LogP contribution in [0, 0.1) is 0 Å². The molecule has 4 N–H and O–H groups in total. The van der Waals surface area contributed by atoms with Gasteiger partial charge in [-0.05, 0) is 43.3 Å². The predicted octanol–water partition coefficient (Wildman–Crippen LogP) is 1.91. The number of rotatable bonds is 7. The van der Waals surface area contributed by atoms with Gasteiger partial charge in [-0.2, -0.15) is 5.10 Å². The highest BCUT2D eigenvalue weighted by Crippen LogP contribution is 2.24. The molecule has 1 aromatic heterocycles. The van der Waals surface area contributed by atoms with Gasteiger partial charge in [-0.1, -0.05) is 12.1 Å². The summed E-state index contributed by atoms with van der Waals surface area (Å²) in [6, 6.07) is 12.3. The van der Waals surface area contributed by atoms with Gasteiger partial charge in [0, 0.05) is 24.5 Å². The molecule has 0 atom stereocenters. The molecule has 0 spiro atoms. The zero-order chi connectivity index (χ0) is 20.1. The number of aromatic nitrogens is 2. The molecule has 0 radical (unpaired) electrons. The van der Waals surface area contributed by atoms with E-state index >= 15 is 0 Å². The predicted molar refractivity (Wildman–Crippen MR) is 108 cm³/mol. The first-order valence-corrected chi connectivity index (χ1v) is 8.94. The van der Waals surface area contributed by atoms with Crippen LogP contribution in [0.1, 0.15) is 27.1 Å². The molecule has 0 aliphatic heterocycles. The Morgan fingerprint density at radius 3 is 2.71 bits per heavy atom. The number of hydrogen-bond donors (Lipinski definition) is 3. The summed E-state index contributed by atoms with van der Waals surface area (Å²) in [5.74, 6) is 0.184. The van der Waals surface area contributed by atoms with Crippen molar-refractivity contribution in [2.75, 3.05) is 25.5 Å². The number of anilines is 1. The number of benzene rings is 2. The number of nitrogens with zero attached hydrogens (tertiary/aromatic N) is 2. The van der Waals surface area contributed by atoms with Gasteiger partial charge in [0.05, 0.1) is 18.2 Å². The molecule has 1 heterocycles. The number of nitrogens with one attached hydrogen (secondary N) is 2. The Labute approximate surface area is 162 Å². The first-order valence-electron chi connectivity index (χ1n) is 8.94. The summed E-state index contributed by atoms with van der Waals surface area (Å²) in [6.45, 7) is 0.937. The molecule has 2 aromatic carbocycles. The molecule has 146 valence electrons. The number of carbonyl (C=O) groups excluding carboxylic acids is 2. The van der Waals surface area contributed by atoms with Crippen LogP contribution in [-0.4, -0.2) is 41.8 Å². The summed E-state index contributed by atoms with van der Waals surface area (Å²) in [7, 11) is 3.29. The van der Waals surface area contributed by atoms with Crippen LogP contribution < -0.4 is 21.1 Å². The summed E-state index contributed by atoms with van der Waals surface area (Å²) >= 11 is 0. The van der Waals surface area contributed by atoms with E-state index in [4.69, 9.17) is 10.5 Å². The first-order chi connectivity index (χ1) is 13.5. The normalized spacial score (nSPS) is 10.7. The fraction of sp³-hybridized carbons (Fsp3) is 0.250. The van der Waals surface area contributed by atoms with Crippen LogP contribution in [0.15, 0.2) is 42.5 Å². The number of methoxy groups -OCH3 is 1. The van der Waals surface area contributed by atoms with Crippen molar-refractivity contribution < 1.29 is 14.3 Å². The Morgan fingerprint density at radius 1 is 1.18 bits per heavy atom. The monoisotopic (exact) mass is 381 g/mol. The van der Waals surface area contributed by atoms with E-state index < -0.39 is 0 Å². The van der Waals surface area contributed by atoms with Gasteiger partial charge in [-0.3, -0.25) is 14.3 Å². The summed E-state index contributed by atoms with van der Waals surface area (Å²) in [5.41, 5.74) is 6.98. The van der Waals surface area contributed by atoms with Gasteiger partial charge in [0.15, 0.2) is 5.82 Å². The summed E-state index contributed by atoms with van der Waals surface area (Å²) in [5, 5.41) is 10.8. The van der Waals surface area contributed by atoms with Gasteiger partial charge in [-0.25, -0.2) is 0 Å². The first kappa shape index (κ1) is 19.4. The standard InChI is InChI=1S/C20H23N5O3/c1-25-16-7-4-3-6-14(16)18(24-25)23-19(26)13-8-9-17(28-2)15(12-13)20(27)22-11-5-10-21/h3-4,6-9,12H,5,10-11,21H2,1-2H3,(H,22,27)(H,23,24,26). The highest BCUT2D eigenvalue weighted by atomic mass is 16.5. The van der Waals surface area contributed by atoms with Crippen LogP contribution in [0.3, 0.4) is 0 Å². The van der Waals surface area contributed by atoms with Crippen molar-refractivity contribution in [1.29, 1.82) is 0 Å². The summed E-state index contributed by atoms with van der Waals surface area (Å²) in [6.07, 6.45) is 0.668. The van der Waals surface area contributed by atoms with E-state index in [1.54, 1.807) is 16.8 Å². The molecule has 28 heavy (non-hydrogen) atoms. The molecule has 0 aliphatic rings. The molecule has 3 aromatic rings. The second kappa shape index (κ2) is 8.53. The van der Waals surface area contributed by atoms with Crippen molar-refractivity contribution in [1.82, 2.24) is 15.1 Å². The Morgan fingerprint density at radius 2 is 1.96 bits per heavy atom. The van der Waals surface area contributed by atoms with E-state index in [0.717, 1.165) is 10.9 Å². The van der Waals surface area contributed by atoms with Crippen LogP contribution in [-0.2, 0) is 7.05 Å². The lowest BCUT2D eigenvalue weighted by Crippen LogP contribution is -2.26. The Bertz CT molecular complexity index is 1010. The maximum absolute atomic E-state index is 12.8. The Kier molecular flexibility index (Phi) is 5.90. The van der Waals surface area contributed by atoms with Gasteiger partial charge in [0.2, 0.25) is 0 Å². The van der Waals surface area contributed by atoms with Gasteiger partial charge < -0.3 is 21.1 Å². The van der Waals surface area contributed by atoms with Crippen LogP contribution in [0.5, 0.6) is 5.75 Å². The maximum Gasteiger partial charge on any atom is 0.256 e. The van der Waals surface area contributed by atoms with Crippen molar-refractivity contribution in [3.63, 3.8) is 0 Å². The van der Waals surface area contributed by atoms with Crippen LogP contribution in [0.25, 0.3) is 10.9 Å². The number of aryl methyl sites for hydroxylation is 1. The third-order valence-corrected chi connectivity index (χ3v) is 4.36. The van der Waals surface area contributed by atoms with E-state index in [9.17, 15) is 9.59 Å². The largest absolute Gasteiger partial charge is 0.496 e. The van der Waals surface area contributed by atoms with Crippen LogP contribution in [0.4, 0.5) is 5.82 Å². The zero-order valence-electron chi connectivity index (χ0n) is 15.9. The lowest BCUT2D eigenvalue weighted by Gasteiger charge is -2.11. The van der Waals surface area contributed by atoms with E-state index in [1.807, 2.05) is 31.3 Å². The molecule has 0 saturated carbocycles. The van der Waals surface area contributed by atoms with Crippen molar-refractivity contribution in [2.45, 2.75) is 6.42 Å². The van der Waals surface area contributed by atoms with Crippen molar-refractivity contribution in [3.8, 4) is 5.75 Å². The Balaban J connectivity index is 1.85. The molecule has 0 fully saturated rings. The fourth-order valence-electron chi connectivity index (χ4n) is 2.91. The summed E-state index contributed by atoms with van der Waals surface area (Å²) in [4.78, 5) is 25.2. The SMILES string of the molecule is COc1ccc(C(=O)Nc2nn(C)c3ccccc23)cc1C(=O)NCCCN. The number of nitrogens with two attached hydrogens (primary N) is 1. The van der Waals surface area contributed by atoms with Gasteiger partial charge in [0.1, 0.15) is 5.75 Å². The number of fused-ring (bicyclic) bond motifs is 1. The minimum Gasteiger partial charge on any atom is -0.496 e. The number of hydrogen-bond acceptors (Lipinski definition) is 5. The Hall–Kier alpha value is -3.39. The second-order valence-corrected chi connectivity index (χ2v) is 6.26. The van der Waals surface area contributed by atoms with Crippen molar-refractivity contribution >= 4 is 28.5 Å². The minimum atomic E-state index is -0.359. The third kappa shape index (κ3) is 3.96. The van der Waals surface area contributed by atoms with Gasteiger partial charge in [-0.15, -0.1) is 0 Å². The van der Waals surface area contributed by atoms with E-state index in [-0.39, 0.29) is 17.4 Å². The lowest BCUT2D eigenvalue weighted by molar-refractivity contribution is 0.0950. The molecular weight excluding hydrogens is 358 g/mol. The lowest BCUT2D eigenvalue weighted by atomic mass is 10.1. The molecule has 8 heteroatoms. The van der Waals surface area contributed by atoms with E-state index in [0.29, 0.717) is 36.6 Å². The number of ether oxygens (including phenoxy) is 1. The molecule has 0 saturated heterocycles. The zero-order valence-corrected chi connectivity index (χ0v) is 15.9. The molecule has 8 nitrogen and oxygen atoms in total. The number of amides is 2.